The molecule has 7 nitrogen and oxygen atoms in total. The molecule has 2 heterocycles. The lowest BCUT2D eigenvalue weighted by Gasteiger charge is -2.32. The van der Waals surface area contributed by atoms with Gasteiger partial charge in [0.15, 0.2) is 0 Å². The Morgan fingerprint density at radius 1 is 1.28 bits per heavy atom. The summed E-state index contributed by atoms with van der Waals surface area (Å²) in [7, 11) is -0.482. The normalized spacial score (nSPS) is 22.6. The molecule has 2 aliphatic rings. The van der Waals surface area contributed by atoms with Gasteiger partial charge in [0.25, 0.3) is 0 Å². The number of pyridine rings is 1. The lowest BCUT2D eigenvalue weighted by Crippen LogP contribution is -2.41. The third kappa shape index (κ3) is 3.81. The predicted octanol–water partition coefficient (Wildman–Crippen LogP) is 1.34. The Morgan fingerprint density at radius 2 is 1.88 bits per heavy atom. The highest BCUT2D eigenvalue weighted by atomic mass is 16.7. The van der Waals surface area contributed by atoms with Crippen molar-refractivity contribution < 1.29 is 19.2 Å². The minimum absolute atomic E-state index is 0.254. The van der Waals surface area contributed by atoms with E-state index in [-0.39, 0.29) is 12.6 Å². The van der Waals surface area contributed by atoms with Gasteiger partial charge in [-0.1, -0.05) is 0 Å². The van der Waals surface area contributed by atoms with Crippen LogP contribution in [0.2, 0.25) is 0 Å². The number of rotatable bonds is 4. The first-order valence-electron chi connectivity index (χ1n) is 8.61. The van der Waals surface area contributed by atoms with Crippen LogP contribution in [0, 0.1) is 6.92 Å². The molecular weight excluding hydrogens is 321 g/mol. The van der Waals surface area contributed by atoms with Crippen LogP contribution < -0.4 is 16.1 Å². The number of urea groups is 1. The van der Waals surface area contributed by atoms with Crippen molar-refractivity contribution in [1.29, 1.82) is 0 Å². The number of carbonyl (C=O) groups excluding carboxylic acids is 1. The van der Waals surface area contributed by atoms with Gasteiger partial charge in [-0.2, -0.15) is 0 Å². The van der Waals surface area contributed by atoms with E-state index in [9.17, 15) is 9.90 Å². The lowest BCUT2D eigenvalue weighted by molar-refractivity contribution is 0.00578. The topological polar surface area (TPSA) is 92.7 Å². The van der Waals surface area contributed by atoms with Gasteiger partial charge in [0.1, 0.15) is 5.82 Å². The summed E-state index contributed by atoms with van der Waals surface area (Å²) < 4.78 is 12.1. The van der Waals surface area contributed by atoms with Crippen LogP contribution in [0.3, 0.4) is 0 Å². The highest BCUT2D eigenvalue weighted by Gasteiger charge is 2.52. The number of aromatic nitrogens is 1. The highest BCUT2D eigenvalue weighted by Crippen LogP contribution is 2.36. The Bertz CT molecular complexity index is 672. The summed E-state index contributed by atoms with van der Waals surface area (Å²) in [5, 5.41) is 15.1. The molecule has 1 aliphatic carbocycles. The van der Waals surface area contributed by atoms with Gasteiger partial charge in [-0.3, -0.25) is 5.32 Å². The molecule has 0 radical (unpaired) electrons. The second-order valence-electron chi connectivity index (χ2n) is 8.05. The minimum atomic E-state index is -0.721. The van der Waals surface area contributed by atoms with E-state index in [0.29, 0.717) is 5.82 Å². The van der Waals surface area contributed by atoms with Crippen molar-refractivity contribution in [1.82, 2.24) is 10.3 Å². The first kappa shape index (κ1) is 18.2. The number of amides is 2. The van der Waals surface area contributed by atoms with Crippen molar-refractivity contribution in [2.24, 2.45) is 0 Å². The molecule has 0 spiro atoms. The van der Waals surface area contributed by atoms with Gasteiger partial charge in [-0.15, -0.1) is 0 Å². The maximum Gasteiger partial charge on any atom is 0.496 e. The molecular formula is C17H26BN3O4. The number of nitrogens with zero attached hydrogens (tertiary/aromatic N) is 1. The fourth-order valence-electron chi connectivity index (χ4n) is 2.58. The zero-order valence-corrected chi connectivity index (χ0v) is 15.5. The Morgan fingerprint density at radius 3 is 2.40 bits per heavy atom. The Balaban J connectivity index is 1.64. The van der Waals surface area contributed by atoms with Crippen molar-refractivity contribution in [2.75, 3.05) is 11.9 Å². The molecule has 1 saturated carbocycles. The Labute approximate surface area is 148 Å². The van der Waals surface area contributed by atoms with Crippen LogP contribution in [-0.4, -0.2) is 46.6 Å². The van der Waals surface area contributed by atoms with Gasteiger partial charge < -0.3 is 19.7 Å². The van der Waals surface area contributed by atoms with Gasteiger partial charge in [0.05, 0.1) is 16.8 Å². The summed E-state index contributed by atoms with van der Waals surface area (Å²) in [5.41, 5.74) is 0.219. The van der Waals surface area contributed by atoms with Crippen LogP contribution in [-0.2, 0) is 9.31 Å². The van der Waals surface area contributed by atoms with E-state index in [0.717, 1.165) is 23.9 Å². The first-order chi connectivity index (χ1) is 11.5. The standard InChI is InChI=1S/C17H26BN3O4/c1-11-8-13(21-14(22)20-10-17(23)6-7-17)19-9-12(11)18-24-15(2,3)16(4,5)25-18/h8-9,23H,6-7,10H2,1-5H3,(H2,19,20,21,22). The fraction of sp³-hybridized carbons (Fsp3) is 0.647. The van der Waals surface area contributed by atoms with E-state index in [4.69, 9.17) is 9.31 Å². The SMILES string of the molecule is Cc1cc(NC(=O)NCC2(O)CC2)ncc1B1OC(C)(C)C(C)(C)O1. The van der Waals surface area contributed by atoms with Crippen molar-refractivity contribution in [3.8, 4) is 0 Å². The number of nitrogens with one attached hydrogen (secondary N) is 2. The lowest BCUT2D eigenvalue weighted by atomic mass is 9.77. The summed E-state index contributed by atoms with van der Waals surface area (Å²) in [5.74, 6) is 0.443. The molecule has 1 aromatic rings. The summed E-state index contributed by atoms with van der Waals surface area (Å²) in [4.78, 5) is 16.2. The molecule has 1 aliphatic heterocycles. The van der Waals surface area contributed by atoms with E-state index in [1.165, 1.54) is 0 Å². The van der Waals surface area contributed by atoms with Gasteiger partial charge in [0.2, 0.25) is 0 Å². The average Bonchev–Trinajstić information content (AvgIpc) is 3.17. The van der Waals surface area contributed by atoms with Crippen molar-refractivity contribution >= 4 is 24.4 Å². The van der Waals surface area contributed by atoms with E-state index >= 15 is 0 Å². The predicted molar refractivity (Wildman–Crippen MR) is 95.9 cm³/mol. The molecule has 8 heteroatoms. The van der Waals surface area contributed by atoms with Crippen molar-refractivity contribution in [3.05, 3.63) is 17.8 Å². The quantitative estimate of drug-likeness (QED) is 0.715. The largest absolute Gasteiger partial charge is 0.496 e. The maximum atomic E-state index is 11.9. The number of hydrogen-bond donors (Lipinski definition) is 3. The molecule has 0 aromatic carbocycles. The van der Waals surface area contributed by atoms with E-state index in [1.54, 1.807) is 12.3 Å². The smallest absolute Gasteiger partial charge is 0.399 e. The monoisotopic (exact) mass is 347 g/mol. The number of hydrogen-bond acceptors (Lipinski definition) is 5. The Hall–Kier alpha value is -1.64. The minimum Gasteiger partial charge on any atom is -0.399 e. The first-order valence-corrected chi connectivity index (χ1v) is 8.61. The van der Waals surface area contributed by atoms with E-state index in [2.05, 4.69) is 15.6 Å². The van der Waals surface area contributed by atoms with Crippen LogP contribution in [0.5, 0.6) is 0 Å². The Kier molecular flexibility index (Phi) is 4.34. The van der Waals surface area contributed by atoms with Crippen molar-refractivity contribution in [3.63, 3.8) is 0 Å². The molecule has 1 aromatic heterocycles. The molecule has 0 atom stereocenters. The fourth-order valence-corrected chi connectivity index (χ4v) is 2.58. The third-order valence-electron chi connectivity index (χ3n) is 5.31. The van der Waals surface area contributed by atoms with Gasteiger partial charge in [-0.05, 0) is 59.1 Å². The third-order valence-corrected chi connectivity index (χ3v) is 5.31. The second kappa shape index (κ2) is 5.97. The molecule has 2 amide bonds. The summed E-state index contributed by atoms with van der Waals surface area (Å²) in [6, 6.07) is 1.40. The van der Waals surface area contributed by atoms with Gasteiger partial charge in [-0.25, -0.2) is 9.78 Å². The number of aryl methyl sites for hydroxylation is 1. The van der Waals surface area contributed by atoms with Crippen LogP contribution in [0.25, 0.3) is 0 Å². The molecule has 136 valence electrons. The van der Waals surface area contributed by atoms with Gasteiger partial charge in [0, 0.05) is 18.2 Å². The molecule has 0 unspecified atom stereocenters. The van der Waals surface area contributed by atoms with Crippen LogP contribution in [0.4, 0.5) is 10.6 Å². The van der Waals surface area contributed by atoms with E-state index in [1.807, 2.05) is 34.6 Å². The summed E-state index contributed by atoms with van der Waals surface area (Å²) in [6.45, 7) is 10.2. The molecule has 0 bridgehead atoms. The number of anilines is 1. The summed E-state index contributed by atoms with van der Waals surface area (Å²) in [6.07, 6.45) is 3.13. The zero-order chi connectivity index (χ0) is 18.5. The number of aliphatic hydroxyl groups is 1. The van der Waals surface area contributed by atoms with Crippen LogP contribution >= 0.6 is 0 Å². The van der Waals surface area contributed by atoms with Gasteiger partial charge >= 0.3 is 13.1 Å². The maximum absolute atomic E-state index is 11.9. The highest BCUT2D eigenvalue weighted by molar-refractivity contribution is 6.62. The summed E-state index contributed by atoms with van der Waals surface area (Å²) >= 11 is 0. The second-order valence-corrected chi connectivity index (χ2v) is 8.05. The van der Waals surface area contributed by atoms with Crippen LogP contribution in [0.1, 0.15) is 46.1 Å². The molecule has 25 heavy (non-hydrogen) atoms. The van der Waals surface area contributed by atoms with Crippen LogP contribution in [0.15, 0.2) is 12.3 Å². The van der Waals surface area contributed by atoms with Crippen molar-refractivity contribution in [2.45, 2.75) is 64.3 Å². The average molecular weight is 347 g/mol. The molecule has 3 N–H and O–H groups in total. The van der Waals surface area contributed by atoms with E-state index < -0.39 is 23.9 Å². The molecule has 3 rings (SSSR count). The molecule has 2 fully saturated rings. The molecule has 1 saturated heterocycles. The zero-order valence-electron chi connectivity index (χ0n) is 15.5. The number of carbonyl (C=O) groups is 1.